The van der Waals surface area contributed by atoms with E-state index in [0.29, 0.717) is 13.1 Å². The standard InChI is InChI=1S/C16H16N4OS/c17-8-16-20-12(10-22-16)7-15(21)19-9-14-13-4-2-1-3-11(13)5-6-18-14/h1-6,10H,7-9,17H2,(H,19,21). The highest BCUT2D eigenvalue weighted by molar-refractivity contribution is 7.09. The zero-order valence-corrected chi connectivity index (χ0v) is 12.8. The molecule has 1 amide bonds. The van der Waals surface area contributed by atoms with Crippen molar-refractivity contribution in [2.24, 2.45) is 5.73 Å². The van der Waals surface area contributed by atoms with Gasteiger partial charge in [0.05, 0.1) is 24.4 Å². The average molecular weight is 312 g/mol. The van der Waals surface area contributed by atoms with Crippen LogP contribution in [0.15, 0.2) is 41.9 Å². The second-order valence-electron chi connectivity index (χ2n) is 4.87. The number of fused-ring (bicyclic) bond motifs is 1. The molecule has 0 bridgehead atoms. The number of benzene rings is 1. The predicted octanol–water partition coefficient (Wildman–Crippen LogP) is 2.01. The Kier molecular flexibility index (Phi) is 4.41. The smallest absolute Gasteiger partial charge is 0.226 e. The molecule has 0 aliphatic carbocycles. The van der Waals surface area contributed by atoms with Crippen molar-refractivity contribution in [3.05, 3.63) is 58.3 Å². The molecule has 0 atom stereocenters. The first kappa shape index (κ1) is 14.6. The highest BCUT2D eigenvalue weighted by atomic mass is 32.1. The van der Waals surface area contributed by atoms with Gasteiger partial charge < -0.3 is 11.1 Å². The van der Waals surface area contributed by atoms with Crippen molar-refractivity contribution in [2.45, 2.75) is 19.5 Å². The predicted molar refractivity (Wildman–Crippen MR) is 87.3 cm³/mol. The van der Waals surface area contributed by atoms with Crippen molar-refractivity contribution in [1.82, 2.24) is 15.3 Å². The third-order valence-electron chi connectivity index (χ3n) is 3.32. The van der Waals surface area contributed by atoms with Crippen LogP contribution in [0.25, 0.3) is 10.8 Å². The molecule has 3 aromatic rings. The molecule has 0 saturated carbocycles. The number of thiazole rings is 1. The van der Waals surface area contributed by atoms with Gasteiger partial charge in [-0.25, -0.2) is 4.98 Å². The van der Waals surface area contributed by atoms with E-state index in [1.807, 2.05) is 35.7 Å². The summed E-state index contributed by atoms with van der Waals surface area (Å²) in [5.41, 5.74) is 7.15. The van der Waals surface area contributed by atoms with E-state index < -0.39 is 0 Å². The molecule has 3 N–H and O–H groups in total. The van der Waals surface area contributed by atoms with Gasteiger partial charge in [0.15, 0.2) is 0 Å². The number of carbonyl (C=O) groups excluding carboxylic acids is 1. The summed E-state index contributed by atoms with van der Waals surface area (Å²) in [5.74, 6) is -0.0661. The second-order valence-corrected chi connectivity index (χ2v) is 5.81. The van der Waals surface area contributed by atoms with Crippen molar-refractivity contribution in [3.63, 3.8) is 0 Å². The molecule has 22 heavy (non-hydrogen) atoms. The Labute approximate surface area is 132 Å². The van der Waals surface area contributed by atoms with Gasteiger partial charge in [0, 0.05) is 23.5 Å². The van der Waals surface area contributed by atoms with Crippen LogP contribution < -0.4 is 11.1 Å². The molecule has 1 aromatic carbocycles. The van der Waals surface area contributed by atoms with Gasteiger partial charge in [-0.15, -0.1) is 11.3 Å². The minimum Gasteiger partial charge on any atom is -0.350 e. The minimum atomic E-state index is -0.0661. The first-order chi connectivity index (χ1) is 10.8. The summed E-state index contributed by atoms with van der Waals surface area (Å²) in [6, 6.07) is 9.97. The van der Waals surface area contributed by atoms with Gasteiger partial charge in [0.1, 0.15) is 5.01 Å². The Morgan fingerprint density at radius 3 is 2.95 bits per heavy atom. The largest absolute Gasteiger partial charge is 0.350 e. The highest BCUT2D eigenvalue weighted by Gasteiger charge is 2.08. The fourth-order valence-corrected chi connectivity index (χ4v) is 2.93. The lowest BCUT2D eigenvalue weighted by atomic mass is 10.1. The summed E-state index contributed by atoms with van der Waals surface area (Å²) < 4.78 is 0. The van der Waals surface area contributed by atoms with E-state index in [0.717, 1.165) is 27.2 Å². The molecule has 2 aromatic heterocycles. The van der Waals surface area contributed by atoms with Crippen LogP contribution >= 0.6 is 11.3 Å². The van der Waals surface area contributed by atoms with Crippen LogP contribution in [0.5, 0.6) is 0 Å². The lowest BCUT2D eigenvalue weighted by Crippen LogP contribution is -2.25. The molecule has 0 spiro atoms. The van der Waals surface area contributed by atoms with Gasteiger partial charge >= 0.3 is 0 Å². The Balaban J connectivity index is 1.65. The molecular formula is C16H16N4OS. The average Bonchev–Trinajstić information content (AvgIpc) is 3.00. The number of amides is 1. The SMILES string of the molecule is NCc1nc(CC(=O)NCc2nccc3ccccc23)cs1. The second kappa shape index (κ2) is 6.64. The molecule has 6 heteroatoms. The van der Waals surface area contributed by atoms with Gasteiger partial charge in [-0.2, -0.15) is 0 Å². The van der Waals surface area contributed by atoms with Gasteiger partial charge in [0.25, 0.3) is 0 Å². The van der Waals surface area contributed by atoms with E-state index in [2.05, 4.69) is 15.3 Å². The van der Waals surface area contributed by atoms with Gasteiger partial charge in [-0.05, 0) is 11.5 Å². The topological polar surface area (TPSA) is 80.9 Å². The zero-order valence-electron chi connectivity index (χ0n) is 12.0. The molecule has 0 aliphatic rings. The van der Waals surface area contributed by atoms with Crippen molar-refractivity contribution < 1.29 is 4.79 Å². The van der Waals surface area contributed by atoms with Crippen molar-refractivity contribution in [1.29, 1.82) is 0 Å². The van der Waals surface area contributed by atoms with E-state index in [1.165, 1.54) is 11.3 Å². The summed E-state index contributed by atoms with van der Waals surface area (Å²) in [6.45, 7) is 0.820. The summed E-state index contributed by atoms with van der Waals surface area (Å²) in [5, 5.41) is 7.80. The molecule has 112 valence electrons. The van der Waals surface area contributed by atoms with E-state index in [1.54, 1.807) is 6.20 Å². The Hall–Kier alpha value is -2.31. The number of aromatic nitrogens is 2. The molecular weight excluding hydrogens is 296 g/mol. The maximum Gasteiger partial charge on any atom is 0.226 e. The maximum atomic E-state index is 12.0. The number of nitrogens with one attached hydrogen (secondary N) is 1. The normalized spacial score (nSPS) is 10.8. The van der Waals surface area contributed by atoms with E-state index >= 15 is 0 Å². The number of pyridine rings is 1. The van der Waals surface area contributed by atoms with Crippen LogP contribution in [0.2, 0.25) is 0 Å². The number of carbonyl (C=O) groups is 1. The van der Waals surface area contributed by atoms with Crippen LogP contribution in [0, 0.1) is 0 Å². The maximum absolute atomic E-state index is 12.0. The summed E-state index contributed by atoms with van der Waals surface area (Å²) in [6.07, 6.45) is 2.03. The van der Waals surface area contributed by atoms with E-state index in [4.69, 9.17) is 5.73 Å². The van der Waals surface area contributed by atoms with Crippen molar-refractivity contribution >= 4 is 28.0 Å². The number of rotatable bonds is 5. The fourth-order valence-electron chi connectivity index (χ4n) is 2.26. The third-order valence-corrected chi connectivity index (χ3v) is 4.24. The molecule has 0 radical (unpaired) electrons. The molecule has 0 aliphatic heterocycles. The van der Waals surface area contributed by atoms with Crippen LogP contribution in [0.1, 0.15) is 16.4 Å². The first-order valence-corrected chi connectivity index (χ1v) is 7.87. The fraction of sp³-hybridized carbons (Fsp3) is 0.188. The Bertz CT molecular complexity index is 794. The van der Waals surface area contributed by atoms with Crippen molar-refractivity contribution in [2.75, 3.05) is 0 Å². The molecule has 0 fully saturated rings. The van der Waals surface area contributed by atoms with Gasteiger partial charge in [-0.3, -0.25) is 9.78 Å². The highest BCUT2D eigenvalue weighted by Crippen LogP contribution is 2.16. The Morgan fingerprint density at radius 1 is 1.27 bits per heavy atom. The van der Waals surface area contributed by atoms with E-state index in [-0.39, 0.29) is 12.3 Å². The molecule has 2 heterocycles. The Morgan fingerprint density at radius 2 is 2.14 bits per heavy atom. The monoisotopic (exact) mass is 312 g/mol. The molecule has 0 unspecified atom stereocenters. The molecule has 5 nitrogen and oxygen atoms in total. The molecule has 0 saturated heterocycles. The minimum absolute atomic E-state index is 0.0661. The lowest BCUT2D eigenvalue weighted by molar-refractivity contribution is -0.120. The van der Waals surface area contributed by atoms with E-state index in [9.17, 15) is 4.79 Å². The first-order valence-electron chi connectivity index (χ1n) is 6.99. The van der Waals surface area contributed by atoms with Crippen LogP contribution in [-0.4, -0.2) is 15.9 Å². The number of nitrogens with two attached hydrogens (primary N) is 1. The van der Waals surface area contributed by atoms with Crippen LogP contribution in [-0.2, 0) is 24.3 Å². The molecule has 3 rings (SSSR count). The summed E-state index contributed by atoms with van der Waals surface area (Å²) >= 11 is 1.48. The zero-order chi connectivity index (χ0) is 15.4. The van der Waals surface area contributed by atoms with Crippen LogP contribution in [0.3, 0.4) is 0 Å². The number of nitrogens with zero attached hydrogens (tertiary/aromatic N) is 2. The van der Waals surface area contributed by atoms with Gasteiger partial charge in [0.2, 0.25) is 5.91 Å². The van der Waals surface area contributed by atoms with Crippen LogP contribution in [0.4, 0.5) is 0 Å². The van der Waals surface area contributed by atoms with Gasteiger partial charge in [-0.1, -0.05) is 24.3 Å². The number of hydrogen-bond donors (Lipinski definition) is 2. The third kappa shape index (κ3) is 3.29. The summed E-state index contributed by atoms with van der Waals surface area (Å²) in [4.78, 5) is 20.7. The van der Waals surface area contributed by atoms with Crippen molar-refractivity contribution in [3.8, 4) is 0 Å². The summed E-state index contributed by atoms with van der Waals surface area (Å²) in [7, 11) is 0. The lowest BCUT2D eigenvalue weighted by Gasteiger charge is -2.07. The quantitative estimate of drug-likeness (QED) is 0.755. The number of hydrogen-bond acceptors (Lipinski definition) is 5.